The number of esters is 1. The molecule has 1 aliphatic rings. The van der Waals surface area contributed by atoms with Crippen LogP contribution in [0.4, 0.5) is 0 Å². The first kappa shape index (κ1) is 16.4. The zero-order valence-electron chi connectivity index (χ0n) is 13.6. The normalized spacial score (nSPS) is 18.3. The predicted molar refractivity (Wildman–Crippen MR) is 91.1 cm³/mol. The van der Waals surface area contributed by atoms with Crippen LogP contribution in [0.2, 0.25) is 0 Å². The summed E-state index contributed by atoms with van der Waals surface area (Å²) in [6, 6.07) is 19.6. The van der Waals surface area contributed by atoms with E-state index in [4.69, 9.17) is 4.74 Å². The molecule has 3 rings (SSSR count). The monoisotopic (exact) mass is 323 g/mol. The fourth-order valence-electron chi connectivity index (χ4n) is 2.91. The lowest BCUT2D eigenvalue weighted by Gasteiger charge is -2.30. The second kappa shape index (κ2) is 7.88. The Balaban J connectivity index is 1.57. The fraction of sp³-hybridized carbons (Fsp3) is 0.300. The molecule has 4 heteroatoms. The predicted octanol–water partition coefficient (Wildman–Crippen LogP) is 2.82. The summed E-state index contributed by atoms with van der Waals surface area (Å²) in [5.74, 6) is -1.11. The lowest BCUT2D eigenvalue weighted by Crippen LogP contribution is -2.44. The zero-order chi connectivity index (χ0) is 16.8. The highest BCUT2D eigenvalue weighted by Crippen LogP contribution is 2.18. The van der Waals surface area contributed by atoms with Crippen LogP contribution in [-0.2, 0) is 27.5 Å². The minimum Gasteiger partial charge on any atom is -0.460 e. The molecule has 1 atom stereocenters. The third-order valence-corrected chi connectivity index (χ3v) is 4.26. The maximum absolute atomic E-state index is 12.3. The molecule has 0 amide bonds. The van der Waals surface area contributed by atoms with Gasteiger partial charge in [0, 0.05) is 26.1 Å². The van der Waals surface area contributed by atoms with Gasteiger partial charge in [-0.2, -0.15) is 0 Å². The van der Waals surface area contributed by atoms with Gasteiger partial charge in [0.25, 0.3) is 0 Å². The van der Waals surface area contributed by atoms with Gasteiger partial charge in [0.05, 0.1) is 0 Å². The van der Waals surface area contributed by atoms with Gasteiger partial charge < -0.3 is 4.74 Å². The van der Waals surface area contributed by atoms with E-state index < -0.39 is 11.9 Å². The molecule has 2 aromatic rings. The SMILES string of the molecule is O=C1CCN(Cc2ccccc2)C[C@H]1C(=O)OCc1ccccc1. The molecule has 0 saturated carbocycles. The quantitative estimate of drug-likeness (QED) is 0.627. The van der Waals surface area contributed by atoms with Crippen molar-refractivity contribution in [2.45, 2.75) is 19.6 Å². The van der Waals surface area contributed by atoms with E-state index in [9.17, 15) is 9.59 Å². The molecule has 0 radical (unpaired) electrons. The average molecular weight is 323 g/mol. The van der Waals surface area contributed by atoms with Crippen LogP contribution in [-0.4, -0.2) is 29.7 Å². The molecule has 124 valence electrons. The molecule has 0 N–H and O–H groups in total. The molecule has 0 spiro atoms. The summed E-state index contributed by atoms with van der Waals surface area (Å²) in [4.78, 5) is 26.6. The highest BCUT2D eigenvalue weighted by molar-refractivity contribution is 5.99. The van der Waals surface area contributed by atoms with Gasteiger partial charge >= 0.3 is 5.97 Å². The van der Waals surface area contributed by atoms with Crippen molar-refractivity contribution < 1.29 is 14.3 Å². The van der Waals surface area contributed by atoms with E-state index in [0.29, 0.717) is 19.5 Å². The number of rotatable bonds is 5. The standard InChI is InChI=1S/C20H21NO3/c22-19-11-12-21(13-16-7-3-1-4-8-16)14-18(19)20(23)24-15-17-9-5-2-6-10-17/h1-10,18H,11-15H2/t18-/m1/s1. The Hall–Kier alpha value is -2.46. The second-order valence-electron chi connectivity index (χ2n) is 6.08. The summed E-state index contributed by atoms with van der Waals surface area (Å²) in [5, 5.41) is 0. The average Bonchev–Trinajstić information content (AvgIpc) is 2.63. The Bertz CT molecular complexity index is 685. The van der Waals surface area contributed by atoms with E-state index in [0.717, 1.165) is 12.1 Å². The number of carbonyl (C=O) groups excluding carboxylic acids is 2. The van der Waals surface area contributed by atoms with Crippen LogP contribution >= 0.6 is 0 Å². The minimum atomic E-state index is -0.675. The van der Waals surface area contributed by atoms with Gasteiger partial charge in [-0.05, 0) is 11.1 Å². The Labute approximate surface area is 142 Å². The van der Waals surface area contributed by atoms with Gasteiger partial charge in [0.2, 0.25) is 0 Å². The van der Waals surface area contributed by atoms with Crippen molar-refractivity contribution in [3.8, 4) is 0 Å². The first-order valence-corrected chi connectivity index (χ1v) is 8.22. The largest absolute Gasteiger partial charge is 0.460 e. The van der Waals surface area contributed by atoms with Gasteiger partial charge in [-0.1, -0.05) is 60.7 Å². The van der Waals surface area contributed by atoms with Crippen LogP contribution in [0, 0.1) is 5.92 Å². The zero-order valence-corrected chi connectivity index (χ0v) is 13.6. The van der Waals surface area contributed by atoms with Gasteiger partial charge in [0.1, 0.15) is 18.3 Å². The highest BCUT2D eigenvalue weighted by atomic mass is 16.5. The van der Waals surface area contributed by atoms with Gasteiger partial charge in [-0.15, -0.1) is 0 Å². The Kier molecular flexibility index (Phi) is 5.39. The number of hydrogen-bond acceptors (Lipinski definition) is 4. The lowest BCUT2D eigenvalue weighted by atomic mass is 9.96. The van der Waals surface area contributed by atoms with Crippen LogP contribution in [0.3, 0.4) is 0 Å². The topological polar surface area (TPSA) is 46.6 Å². The van der Waals surface area contributed by atoms with Crippen molar-refractivity contribution in [2.75, 3.05) is 13.1 Å². The second-order valence-corrected chi connectivity index (χ2v) is 6.08. The van der Waals surface area contributed by atoms with Crippen LogP contribution in [0.25, 0.3) is 0 Å². The summed E-state index contributed by atoms with van der Waals surface area (Å²) in [5.41, 5.74) is 2.11. The Morgan fingerprint density at radius 3 is 2.29 bits per heavy atom. The summed E-state index contributed by atoms with van der Waals surface area (Å²) in [6.07, 6.45) is 0.401. The van der Waals surface area contributed by atoms with E-state index in [-0.39, 0.29) is 12.4 Å². The molecule has 0 bridgehead atoms. The number of carbonyl (C=O) groups is 2. The van der Waals surface area contributed by atoms with E-state index in [2.05, 4.69) is 17.0 Å². The molecule has 1 saturated heterocycles. The van der Waals surface area contributed by atoms with E-state index in [1.165, 1.54) is 5.56 Å². The van der Waals surface area contributed by atoms with E-state index in [1.54, 1.807) is 0 Å². The van der Waals surface area contributed by atoms with Gasteiger partial charge in [-0.3, -0.25) is 14.5 Å². The van der Waals surface area contributed by atoms with Gasteiger partial charge in [-0.25, -0.2) is 0 Å². The summed E-state index contributed by atoms with van der Waals surface area (Å²) < 4.78 is 5.35. The molecular formula is C20H21NO3. The van der Waals surface area contributed by atoms with Crippen molar-refractivity contribution >= 4 is 11.8 Å². The van der Waals surface area contributed by atoms with E-state index >= 15 is 0 Å². The highest BCUT2D eigenvalue weighted by Gasteiger charge is 2.33. The summed E-state index contributed by atoms with van der Waals surface area (Å²) in [6.45, 7) is 2.08. The number of likely N-dealkylation sites (tertiary alicyclic amines) is 1. The number of ketones is 1. The van der Waals surface area contributed by atoms with Crippen LogP contribution in [0.1, 0.15) is 17.5 Å². The van der Waals surface area contributed by atoms with Crippen LogP contribution in [0.15, 0.2) is 60.7 Å². The number of nitrogens with zero attached hydrogens (tertiary/aromatic N) is 1. The van der Waals surface area contributed by atoms with Crippen molar-refractivity contribution in [3.05, 3.63) is 71.8 Å². The molecule has 4 nitrogen and oxygen atoms in total. The molecule has 0 unspecified atom stereocenters. The van der Waals surface area contributed by atoms with Crippen molar-refractivity contribution in [3.63, 3.8) is 0 Å². The number of benzene rings is 2. The van der Waals surface area contributed by atoms with Crippen molar-refractivity contribution in [2.24, 2.45) is 5.92 Å². The molecule has 1 aliphatic heterocycles. The molecule has 24 heavy (non-hydrogen) atoms. The number of piperidine rings is 1. The lowest BCUT2D eigenvalue weighted by molar-refractivity contribution is -0.155. The molecule has 2 aromatic carbocycles. The molecule has 1 fully saturated rings. The van der Waals surface area contributed by atoms with Crippen molar-refractivity contribution in [1.29, 1.82) is 0 Å². The number of hydrogen-bond donors (Lipinski definition) is 0. The third kappa shape index (κ3) is 4.30. The Morgan fingerprint density at radius 1 is 1.00 bits per heavy atom. The first-order chi connectivity index (χ1) is 11.7. The van der Waals surface area contributed by atoms with Crippen LogP contribution < -0.4 is 0 Å². The maximum atomic E-state index is 12.3. The first-order valence-electron chi connectivity index (χ1n) is 8.22. The number of ether oxygens (including phenoxy) is 1. The number of Topliss-reactive ketones (excluding diaryl/α,β-unsaturated/α-hetero) is 1. The molecule has 0 aromatic heterocycles. The molecule has 1 heterocycles. The van der Waals surface area contributed by atoms with Gasteiger partial charge in [0.15, 0.2) is 0 Å². The molecule has 0 aliphatic carbocycles. The minimum absolute atomic E-state index is 0.0163. The third-order valence-electron chi connectivity index (χ3n) is 4.26. The fourth-order valence-corrected chi connectivity index (χ4v) is 2.91. The molecular weight excluding hydrogens is 302 g/mol. The maximum Gasteiger partial charge on any atom is 0.318 e. The smallest absolute Gasteiger partial charge is 0.318 e. The summed E-state index contributed by atoms with van der Waals surface area (Å²) in [7, 11) is 0. The Morgan fingerprint density at radius 2 is 1.62 bits per heavy atom. The van der Waals surface area contributed by atoms with Crippen LogP contribution in [0.5, 0.6) is 0 Å². The van der Waals surface area contributed by atoms with E-state index in [1.807, 2.05) is 48.5 Å². The van der Waals surface area contributed by atoms with Crippen molar-refractivity contribution in [1.82, 2.24) is 4.90 Å². The summed E-state index contributed by atoms with van der Waals surface area (Å²) >= 11 is 0.